The maximum atomic E-state index is 12.3. The molecule has 1 N–H and O–H groups in total. The van der Waals surface area contributed by atoms with E-state index in [0.29, 0.717) is 37.8 Å². The molecule has 0 saturated carbocycles. The molecule has 1 atom stereocenters. The van der Waals surface area contributed by atoms with Gasteiger partial charge < -0.3 is 15.0 Å². The lowest BCUT2D eigenvalue weighted by Crippen LogP contribution is -2.41. The molecule has 0 spiro atoms. The highest BCUT2D eigenvalue weighted by atomic mass is 16.5. The van der Waals surface area contributed by atoms with Crippen LogP contribution in [0.3, 0.4) is 0 Å². The van der Waals surface area contributed by atoms with Crippen molar-refractivity contribution in [2.45, 2.75) is 13.0 Å². The van der Waals surface area contributed by atoms with Gasteiger partial charge in [-0.2, -0.15) is 0 Å². The lowest BCUT2D eigenvalue weighted by molar-refractivity contribution is 0.0298. The monoisotopic (exact) mass is 312 g/mol. The predicted molar refractivity (Wildman–Crippen MR) is 87.2 cm³/mol. The summed E-state index contributed by atoms with van der Waals surface area (Å²) in [5, 5.41) is 3.29. The highest BCUT2D eigenvalue weighted by Gasteiger charge is 2.19. The third-order valence-electron chi connectivity index (χ3n) is 3.83. The number of carbonyl (C=O) groups is 1. The fourth-order valence-corrected chi connectivity index (χ4v) is 2.49. The number of amides is 1. The van der Waals surface area contributed by atoms with Crippen LogP contribution in [0, 0.1) is 0 Å². The van der Waals surface area contributed by atoms with Crippen LogP contribution in [0.5, 0.6) is 0 Å². The van der Waals surface area contributed by atoms with Crippen molar-refractivity contribution in [3.8, 4) is 0 Å². The smallest absolute Gasteiger partial charge is 0.274 e. The average Bonchev–Trinajstić information content (AvgIpc) is 2.63. The van der Waals surface area contributed by atoms with Crippen LogP contribution in [0.15, 0.2) is 42.7 Å². The Balaban J connectivity index is 1.63. The molecule has 1 aromatic carbocycles. The Morgan fingerprint density at radius 3 is 2.57 bits per heavy atom. The zero-order chi connectivity index (χ0) is 16.1. The number of hydrogen-bond donors (Lipinski definition) is 1. The zero-order valence-electron chi connectivity index (χ0n) is 13.1. The summed E-state index contributed by atoms with van der Waals surface area (Å²) >= 11 is 0. The van der Waals surface area contributed by atoms with Crippen molar-refractivity contribution in [3.05, 3.63) is 54.0 Å². The minimum absolute atomic E-state index is 0.0940. The Morgan fingerprint density at radius 1 is 1.17 bits per heavy atom. The summed E-state index contributed by atoms with van der Waals surface area (Å²) < 4.78 is 5.25. The highest BCUT2D eigenvalue weighted by molar-refractivity contribution is 5.92. The normalized spacial score (nSPS) is 16.0. The Labute approximate surface area is 135 Å². The largest absolute Gasteiger partial charge is 0.378 e. The van der Waals surface area contributed by atoms with Gasteiger partial charge >= 0.3 is 0 Å². The van der Waals surface area contributed by atoms with E-state index in [4.69, 9.17) is 4.74 Å². The van der Waals surface area contributed by atoms with Crippen LogP contribution in [-0.2, 0) is 4.74 Å². The molecular formula is C17H20N4O2. The molecule has 0 aliphatic carbocycles. The van der Waals surface area contributed by atoms with Gasteiger partial charge in [0.05, 0.1) is 25.6 Å². The van der Waals surface area contributed by atoms with Gasteiger partial charge in [0.2, 0.25) is 0 Å². The van der Waals surface area contributed by atoms with Gasteiger partial charge in [0, 0.05) is 19.1 Å². The fraction of sp³-hybridized carbons (Fsp3) is 0.353. The maximum Gasteiger partial charge on any atom is 0.274 e. The van der Waals surface area contributed by atoms with Crippen LogP contribution in [0.25, 0.3) is 0 Å². The predicted octanol–water partition coefficient (Wildman–Crippen LogP) is 2.12. The lowest BCUT2D eigenvalue weighted by Gasteiger charge is -2.26. The SMILES string of the molecule is CC(Nc1cnc(C(=O)N2CCOCC2)cn1)c1ccccc1. The van der Waals surface area contributed by atoms with Gasteiger partial charge in [0.15, 0.2) is 0 Å². The summed E-state index contributed by atoms with van der Waals surface area (Å²) in [4.78, 5) is 22.6. The lowest BCUT2D eigenvalue weighted by atomic mass is 10.1. The second-order valence-corrected chi connectivity index (χ2v) is 5.47. The second-order valence-electron chi connectivity index (χ2n) is 5.47. The third kappa shape index (κ3) is 3.84. The molecule has 0 bridgehead atoms. The molecule has 6 nitrogen and oxygen atoms in total. The van der Waals surface area contributed by atoms with Crippen LogP contribution in [0.1, 0.15) is 29.0 Å². The van der Waals surface area contributed by atoms with E-state index < -0.39 is 0 Å². The number of morpholine rings is 1. The molecule has 1 unspecified atom stereocenters. The van der Waals surface area contributed by atoms with Crippen molar-refractivity contribution >= 4 is 11.7 Å². The van der Waals surface area contributed by atoms with Gasteiger partial charge in [-0.1, -0.05) is 30.3 Å². The van der Waals surface area contributed by atoms with Crippen molar-refractivity contribution in [1.29, 1.82) is 0 Å². The molecule has 6 heteroatoms. The molecule has 1 aliphatic heterocycles. The standard InChI is InChI=1S/C17H20N4O2/c1-13(14-5-3-2-4-6-14)20-16-12-18-15(11-19-16)17(22)21-7-9-23-10-8-21/h2-6,11-13H,7-10H2,1H3,(H,19,20). The Bertz CT molecular complexity index is 639. The molecule has 1 amide bonds. The Hall–Kier alpha value is -2.47. The second kappa shape index (κ2) is 7.19. The van der Waals surface area contributed by atoms with Crippen LogP contribution in [0.2, 0.25) is 0 Å². The van der Waals surface area contributed by atoms with Crippen LogP contribution >= 0.6 is 0 Å². The molecular weight excluding hydrogens is 292 g/mol. The number of anilines is 1. The van der Waals surface area contributed by atoms with Gasteiger partial charge in [0.1, 0.15) is 11.5 Å². The number of benzene rings is 1. The van der Waals surface area contributed by atoms with E-state index in [0.717, 1.165) is 0 Å². The number of aromatic nitrogens is 2. The molecule has 1 aliphatic rings. The van der Waals surface area contributed by atoms with E-state index in [1.807, 2.05) is 18.2 Å². The number of nitrogens with one attached hydrogen (secondary N) is 1. The number of carbonyl (C=O) groups excluding carboxylic acids is 1. The van der Waals surface area contributed by atoms with E-state index >= 15 is 0 Å². The van der Waals surface area contributed by atoms with Crippen LogP contribution < -0.4 is 5.32 Å². The molecule has 1 aromatic heterocycles. The van der Waals surface area contributed by atoms with Crippen molar-refractivity contribution in [2.24, 2.45) is 0 Å². The summed E-state index contributed by atoms with van der Waals surface area (Å²) in [6.07, 6.45) is 3.13. The minimum atomic E-state index is -0.0940. The Kier molecular flexibility index (Phi) is 4.83. The first-order chi connectivity index (χ1) is 11.2. The van der Waals surface area contributed by atoms with E-state index in [1.165, 1.54) is 11.8 Å². The summed E-state index contributed by atoms with van der Waals surface area (Å²) in [5.41, 5.74) is 1.53. The quantitative estimate of drug-likeness (QED) is 0.936. The van der Waals surface area contributed by atoms with Gasteiger partial charge in [0.25, 0.3) is 5.91 Å². The molecule has 120 valence electrons. The van der Waals surface area contributed by atoms with Crippen LogP contribution in [0.4, 0.5) is 5.82 Å². The van der Waals surface area contributed by atoms with E-state index in [2.05, 4.69) is 34.3 Å². The average molecular weight is 312 g/mol. The summed E-state index contributed by atoms with van der Waals surface area (Å²) in [6, 6.07) is 10.2. The van der Waals surface area contributed by atoms with E-state index in [1.54, 1.807) is 11.1 Å². The molecule has 1 fully saturated rings. The first-order valence-electron chi connectivity index (χ1n) is 7.74. The molecule has 1 saturated heterocycles. The third-order valence-corrected chi connectivity index (χ3v) is 3.83. The van der Waals surface area contributed by atoms with Gasteiger partial charge in [-0.25, -0.2) is 9.97 Å². The van der Waals surface area contributed by atoms with Gasteiger partial charge in [-0.15, -0.1) is 0 Å². The van der Waals surface area contributed by atoms with Gasteiger partial charge in [-0.3, -0.25) is 4.79 Å². The molecule has 2 heterocycles. The number of nitrogens with zero attached hydrogens (tertiary/aromatic N) is 3. The van der Waals surface area contributed by atoms with Gasteiger partial charge in [-0.05, 0) is 12.5 Å². The Morgan fingerprint density at radius 2 is 1.91 bits per heavy atom. The van der Waals surface area contributed by atoms with Crippen molar-refractivity contribution in [3.63, 3.8) is 0 Å². The minimum Gasteiger partial charge on any atom is -0.378 e. The fourth-order valence-electron chi connectivity index (χ4n) is 2.49. The van der Waals surface area contributed by atoms with Crippen molar-refractivity contribution < 1.29 is 9.53 Å². The number of ether oxygens (including phenoxy) is 1. The molecule has 2 aromatic rings. The van der Waals surface area contributed by atoms with Crippen molar-refractivity contribution in [2.75, 3.05) is 31.6 Å². The molecule has 3 rings (SSSR count). The summed E-state index contributed by atoms with van der Waals surface area (Å²) in [6.45, 7) is 4.42. The highest BCUT2D eigenvalue weighted by Crippen LogP contribution is 2.17. The number of rotatable bonds is 4. The molecule has 23 heavy (non-hydrogen) atoms. The number of hydrogen-bond acceptors (Lipinski definition) is 5. The van der Waals surface area contributed by atoms with Crippen molar-refractivity contribution in [1.82, 2.24) is 14.9 Å². The first-order valence-corrected chi connectivity index (χ1v) is 7.74. The summed E-state index contributed by atoms with van der Waals surface area (Å²) in [7, 11) is 0. The van der Waals surface area contributed by atoms with E-state index in [-0.39, 0.29) is 11.9 Å². The van der Waals surface area contributed by atoms with E-state index in [9.17, 15) is 4.79 Å². The first kappa shape index (κ1) is 15.4. The maximum absolute atomic E-state index is 12.3. The molecule has 0 radical (unpaired) electrons. The summed E-state index contributed by atoms with van der Waals surface area (Å²) in [5.74, 6) is 0.559. The zero-order valence-corrected chi connectivity index (χ0v) is 13.1. The van der Waals surface area contributed by atoms with Crippen LogP contribution in [-0.4, -0.2) is 47.1 Å². The topological polar surface area (TPSA) is 67.4 Å².